The lowest BCUT2D eigenvalue weighted by atomic mass is 9.96. The van der Waals surface area contributed by atoms with Crippen molar-refractivity contribution in [2.24, 2.45) is 0 Å². The van der Waals surface area contributed by atoms with Crippen LogP contribution >= 0.6 is 8.60 Å². The van der Waals surface area contributed by atoms with Crippen molar-refractivity contribution in [1.82, 2.24) is 19.5 Å². The molecule has 0 radical (unpaired) electrons. The Labute approximate surface area is 157 Å². The molecule has 2 aliphatic heterocycles. The molecule has 4 N–H and O–H groups in total. The van der Waals surface area contributed by atoms with Crippen LogP contribution in [0.4, 0.5) is 14.7 Å². The molecular weight excluding hydrogens is 403 g/mol. The van der Waals surface area contributed by atoms with Crippen LogP contribution in [0.5, 0.6) is 0 Å². The van der Waals surface area contributed by atoms with E-state index in [2.05, 4.69) is 15.0 Å². The van der Waals surface area contributed by atoms with Crippen molar-refractivity contribution in [3.05, 3.63) is 16.7 Å². The Hall–Kier alpha value is -1.76. The molecule has 4 rings (SSSR count). The third-order valence-corrected chi connectivity index (χ3v) is 5.74. The van der Waals surface area contributed by atoms with E-state index >= 15 is 0 Å². The van der Waals surface area contributed by atoms with Gasteiger partial charge >= 0.3 is 8.60 Å². The molecule has 0 aromatic carbocycles. The Morgan fingerprint density at radius 2 is 2.29 bits per heavy atom. The molecule has 2 aromatic heterocycles. The Bertz CT molecular complexity index is 941. The number of alkyl halides is 2. The van der Waals surface area contributed by atoms with Gasteiger partial charge in [-0.05, 0) is 13.8 Å². The molecule has 2 fully saturated rings. The number of H-pyrrole nitrogens is 1. The second-order valence-electron chi connectivity index (χ2n) is 6.71. The third-order valence-electron chi connectivity index (χ3n) is 4.41. The Morgan fingerprint density at radius 1 is 1.54 bits per heavy atom. The van der Waals surface area contributed by atoms with Crippen LogP contribution in [0.25, 0.3) is 11.2 Å². The molecule has 4 heterocycles. The summed E-state index contributed by atoms with van der Waals surface area (Å²) in [6.45, 7) is 2.93. The third kappa shape index (κ3) is 2.98. The number of nitrogens with zero attached hydrogens (tertiary/aromatic N) is 3. The van der Waals surface area contributed by atoms with Gasteiger partial charge in [-0.25, -0.2) is 13.8 Å². The lowest BCUT2D eigenvalue weighted by molar-refractivity contribution is -0.203. The normalized spacial score (nSPS) is 33.1. The molecular formula is C14H18F2N5O6P. The van der Waals surface area contributed by atoms with Crippen LogP contribution in [0.3, 0.4) is 0 Å². The Kier molecular flexibility index (Phi) is 4.84. The van der Waals surface area contributed by atoms with Crippen molar-refractivity contribution in [2.45, 2.75) is 50.4 Å². The molecule has 0 saturated carbocycles. The average Bonchev–Trinajstić information content (AvgIpc) is 3.15. The van der Waals surface area contributed by atoms with Crippen LogP contribution in [-0.2, 0) is 18.3 Å². The molecule has 0 bridgehead atoms. The van der Waals surface area contributed by atoms with Gasteiger partial charge in [0.05, 0.1) is 19.0 Å². The molecule has 154 valence electrons. The first kappa shape index (κ1) is 19.6. The number of aromatic nitrogens is 4. The number of ether oxygens (including phenoxy) is 1. The maximum atomic E-state index is 13.9. The van der Waals surface area contributed by atoms with E-state index < -0.39 is 51.2 Å². The zero-order chi connectivity index (χ0) is 20.2. The minimum absolute atomic E-state index is 0.0185. The van der Waals surface area contributed by atoms with Crippen LogP contribution in [0.15, 0.2) is 11.1 Å². The summed E-state index contributed by atoms with van der Waals surface area (Å²) in [5, 5.41) is 10.7. The number of aliphatic hydroxyl groups excluding tert-OH is 1. The highest BCUT2D eigenvalue weighted by Gasteiger charge is 2.65. The Morgan fingerprint density at radius 3 is 2.96 bits per heavy atom. The average molecular weight is 421 g/mol. The molecule has 2 aromatic rings. The molecule has 14 heteroatoms. The van der Waals surface area contributed by atoms with Gasteiger partial charge in [-0.15, -0.1) is 0 Å². The van der Waals surface area contributed by atoms with E-state index in [-0.39, 0.29) is 23.2 Å². The van der Waals surface area contributed by atoms with Crippen LogP contribution < -0.4 is 11.3 Å². The van der Waals surface area contributed by atoms with E-state index in [0.29, 0.717) is 0 Å². The van der Waals surface area contributed by atoms with E-state index in [1.54, 1.807) is 13.8 Å². The van der Waals surface area contributed by atoms with Gasteiger partial charge in [0.15, 0.2) is 23.0 Å². The van der Waals surface area contributed by atoms with E-state index in [0.717, 1.165) is 6.33 Å². The van der Waals surface area contributed by atoms with Gasteiger partial charge in [-0.3, -0.25) is 14.3 Å². The standard InChI is InChI=1S/C14H18F2N5O6P/c1-5(2)26-28-24-3-14(12(15)16)8(27-28)7(22)11(25-14)21-4-18-6-9(21)19-13(17)20-10(6)23/h4-5,7-8,11-12,22H,3H2,1-2H3,(H3,17,19,20,23)/t7-,8-,11-,14-,28?/m1/s1. The van der Waals surface area contributed by atoms with E-state index in [9.17, 15) is 18.7 Å². The number of nitrogen functional groups attached to an aromatic ring is 1. The monoisotopic (exact) mass is 421 g/mol. The number of imidazole rings is 1. The minimum Gasteiger partial charge on any atom is -0.386 e. The molecule has 0 aliphatic carbocycles. The van der Waals surface area contributed by atoms with Crippen molar-refractivity contribution in [3.8, 4) is 0 Å². The number of nitrogens with two attached hydrogens (primary N) is 1. The maximum Gasteiger partial charge on any atom is 0.333 e. The quantitative estimate of drug-likeness (QED) is 0.606. The number of rotatable bonds is 4. The molecule has 28 heavy (non-hydrogen) atoms. The van der Waals surface area contributed by atoms with Crippen molar-refractivity contribution >= 4 is 25.7 Å². The maximum absolute atomic E-state index is 13.9. The van der Waals surface area contributed by atoms with Gasteiger partial charge in [0.25, 0.3) is 12.0 Å². The lowest BCUT2D eigenvalue weighted by Crippen LogP contribution is -2.55. The van der Waals surface area contributed by atoms with Gasteiger partial charge in [-0.2, -0.15) is 4.98 Å². The second-order valence-corrected chi connectivity index (χ2v) is 7.83. The van der Waals surface area contributed by atoms with Gasteiger partial charge in [-0.1, -0.05) is 0 Å². The van der Waals surface area contributed by atoms with Crippen molar-refractivity contribution in [2.75, 3.05) is 12.3 Å². The number of aromatic amines is 1. The highest BCUT2D eigenvalue weighted by Crippen LogP contribution is 2.56. The molecule has 1 unspecified atom stereocenters. The van der Waals surface area contributed by atoms with E-state index in [1.165, 1.54) is 4.57 Å². The minimum atomic E-state index is -3.02. The highest BCUT2D eigenvalue weighted by atomic mass is 31.2. The summed E-state index contributed by atoms with van der Waals surface area (Å²) in [6.07, 6.45) is -6.44. The van der Waals surface area contributed by atoms with Crippen molar-refractivity contribution in [1.29, 1.82) is 0 Å². The zero-order valence-electron chi connectivity index (χ0n) is 14.8. The predicted octanol–water partition coefficient (Wildman–Crippen LogP) is 0.663. The van der Waals surface area contributed by atoms with E-state index in [1.807, 2.05) is 0 Å². The number of aliphatic hydroxyl groups is 1. The first-order valence-corrected chi connectivity index (χ1v) is 9.45. The van der Waals surface area contributed by atoms with Crippen LogP contribution in [0.2, 0.25) is 0 Å². The molecule has 11 nitrogen and oxygen atoms in total. The van der Waals surface area contributed by atoms with Crippen molar-refractivity contribution in [3.63, 3.8) is 0 Å². The zero-order valence-corrected chi connectivity index (χ0v) is 15.7. The summed E-state index contributed by atoms with van der Waals surface area (Å²) < 4.78 is 50.8. The number of hydrogen-bond donors (Lipinski definition) is 3. The van der Waals surface area contributed by atoms with Gasteiger partial charge in [0.2, 0.25) is 5.95 Å². The molecule has 0 spiro atoms. The van der Waals surface area contributed by atoms with E-state index in [4.69, 9.17) is 24.0 Å². The highest BCUT2D eigenvalue weighted by molar-refractivity contribution is 7.41. The molecule has 0 amide bonds. The number of halogens is 2. The topological polar surface area (TPSA) is 147 Å². The number of fused-ring (bicyclic) bond motifs is 2. The molecule has 2 saturated heterocycles. The van der Waals surface area contributed by atoms with Gasteiger partial charge in [0.1, 0.15) is 12.2 Å². The summed E-state index contributed by atoms with van der Waals surface area (Å²) >= 11 is 0. The SMILES string of the molecule is CC(C)OP1OC[C@@]2(C(F)F)O[C@@H](n3cnc4c(=O)[nH]c(N)nc43)[C@H](O)[C@H]2O1. The lowest BCUT2D eigenvalue weighted by Gasteiger charge is -2.39. The number of anilines is 1. The summed E-state index contributed by atoms with van der Waals surface area (Å²) in [4.78, 5) is 22.1. The van der Waals surface area contributed by atoms with Gasteiger partial charge < -0.3 is 29.1 Å². The summed E-state index contributed by atoms with van der Waals surface area (Å²) in [5.41, 5.74) is 2.63. The fourth-order valence-electron chi connectivity index (χ4n) is 3.16. The smallest absolute Gasteiger partial charge is 0.333 e. The fourth-order valence-corrected chi connectivity index (χ4v) is 4.47. The largest absolute Gasteiger partial charge is 0.386 e. The Balaban J connectivity index is 1.72. The van der Waals surface area contributed by atoms with Crippen LogP contribution in [0.1, 0.15) is 20.1 Å². The van der Waals surface area contributed by atoms with Crippen molar-refractivity contribution < 1.29 is 32.2 Å². The van der Waals surface area contributed by atoms with Crippen LogP contribution in [0, 0.1) is 0 Å². The fraction of sp³-hybridized carbons (Fsp3) is 0.643. The first-order valence-electron chi connectivity index (χ1n) is 8.36. The summed E-state index contributed by atoms with van der Waals surface area (Å²) in [7, 11) is -1.94. The summed E-state index contributed by atoms with van der Waals surface area (Å²) in [6, 6.07) is 0. The molecule has 5 atom stereocenters. The molecule has 2 aliphatic rings. The van der Waals surface area contributed by atoms with Crippen LogP contribution in [-0.4, -0.2) is 61.6 Å². The number of hydrogen-bond acceptors (Lipinski definition) is 9. The second kappa shape index (κ2) is 6.94. The summed E-state index contributed by atoms with van der Waals surface area (Å²) in [5.74, 6) is -0.193. The first-order chi connectivity index (χ1) is 13.2. The number of nitrogens with one attached hydrogen (secondary N) is 1. The van der Waals surface area contributed by atoms with Gasteiger partial charge in [0, 0.05) is 0 Å². The predicted molar refractivity (Wildman–Crippen MR) is 91.4 cm³/mol.